The number of aliphatic imine (C=N–C) groups is 1. The molecule has 1 aromatic rings. The lowest BCUT2D eigenvalue weighted by atomic mass is 10.2. The molecule has 0 aliphatic carbocycles. The molecule has 1 fully saturated rings. The second-order valence-corrected chi connectivity index (χ2v) is 7.35. The average Bonchev–Trinajstić information content (AvgIpc) is 3.15. The number of nitrogens with one attached hydrogen (secondary N) is 2. The van der Waals surface area contributed by atoms with Gasteiger partial charge in [-0.2, -0.15) is 0 Å². The number of aryl methyl sites for hydroxylation is 1. The summed E-state index contributed by atoms with van der Waals surface area (Å²) < 4.78 is 5.76. The highest BCUT2D eigenvalue weighted by molar-refractivity contribution is 14.0. The normalized spacial score (nSPS) is 16.8. The van der Waals surface area contributed by atoms with Crippen LogP contribution in [-0.2, 0) is 4.79 Å². The number of ether oxygens (including phenoxy) is 1. The smallest absolute Gasteiger partial charge is 0.243 e. The van der Waals surface area contributed by atoms with Crippen molar-refractivity contribution in [1.29, 1.82) is 0 Å². The third-order valence-corrected chi connectivity index (χ3v) is 4.97. The van der Waals surface area contributed by atoms with E-state index in [0.29, 0.717) is 25.2 Å². The number of benzene rings is 1. The van der Waals surface area contributed by atoms with Crippen LogP contribution in [0.3, 0.4) is 0 Å². The standard InChI is InChI=1S/C21H35N5O2.HI/c1-5-26-13-6-7-18(26)15-23-21(24-16-20(27)25(3)4)22-12-14-28-19-10-8-17(2)9-11-19;/h8-11,18H,5-7,12-16H2,1-4H3,(H2,22,23,24);1H. The van der Waals surface area contributed by atoms with E-state index in [4.69, 9.17) is 4.74 Å². The van der Waals surface area contributed by atoms with Crippen LogP contribution in [0, 0.1) is 6.92 Å². The van der Waals surface area contributed by atoms with Crippen LogP contribution >= 0.6 is 24.0 Å². The first-order valence-electron chi connectivity index (χ1n) is 10.2. The van der Waals surface area contributed by atoms with Crippen molar-refractivity contribution in [2.24, 2.45) is 4.99 Å². The number of rotatable bonds is 9. The van der Waals surface area contributed by atoms with E-state index in [0.717, 1.165) is 25.4 Å². The maximum absolute atomic E-state index is 11.9. The van der Waals surface area contributed by atoms with Gasteiger partial charge in [0.2, 0.25) is 5.91 Å². The Balaban J connectivity index is 0.00000420. The second-order valence-electron chi connectivity index (χ2n) is 7.35. The fourth-order valence-electron chi connectivity index (χ4n) is 3.19. The number of carbonyl (C=O) groups is 1. The zero-order chi connectivity index (χ0) is 20.4. The third kappa shape index (κ3) is 9.20. The van der Waals surface area contributed by atoms with Gasteiger partial charge in [-0.15, -0.1) is 24.0 Å². The molecule has 0 saturated carbocycles. The second kappa shape index (κ2) is 13.6. The van der Waals surface area contributed by atoms with Crippen molar-refractivity contribution in [3.63, 3.8) is 0 Å². The number of nitrogens with zero attached hydrogens (tertiary/aromatic N) is 3. The molecule has 8 heteroatoms. The van der Waals surface area contributed by atoms with Gasteiger partial charge in [0.05, 0.1) is 6.54 Å². The van der Waals surface area contributed by atoms with Gasteiger partial charge >= 0.3 is 0 Å². The molecule has 1 aliphatic heterocycles. The van der Waals surface area contributed by atoms with Gasteiger partial charge in [0.1, 0.15) is 18.9 Å². The maximum Gasteiger partial charge on any atom is 0.243 e. The number of hydrogen-bond donors (Lipinski definition) is 2. The monoisotopic (exact) mass is 517 g/mol. The average molecular weight is 517 g/mol. The Kier molecular flexibility index (Phi) is 12.0. The van der Waals surface area contributed by atoms with Crippen LogP contribution in [0.1, 0.15) is 25.3 Å². The molecule has 164 valence electrons. The highest BCUT2D eigenvalue weighted by Crippen LogP contribution is 2.15. The maximum atomic E-state index is 11.9. The first-order chi connectivity index (χ1) is 13.5. The van der Waals surface area contributed by atoms with Gasteiger partial charge in [-0.1, -0.05) is 24.6 Å². The molecule has 1 aliphatic rings. The zero-order valence-electron chi connectivity index (χ0n) is 18.1. The predicted molar refractivity (Wildman–Crippen MR) is 129 cm³/mol. The number of likely N-dealkylation sites (tertiary alicyclic amines) is 1. The van der Waals surface area contributed by atoms with E-state index in [1.165, 1.54) is 18.4 Å². The molecule has 1 amide bonds. The summed E-state index contributed by atoms with van der Waals surface area (Å²) in [6, 6.07) is 8.52. The molecule has 1 atom stereocenters. The molecule has 2 N–H and O–H groups in total. The number of halogens is 1. The molecule has 7 nitrogen and oxygen atoms in total. The van der Waals surface area contributed by atoms with Crippen molar-refractivity contribution in [1.82, 2.24) is 20.4 Å². The van der Waals surface area contributed by atoms with E-state index in [2.05, 4.69) is 34.4 Å². The molecule has 2 rings (SSSR count). The van der Waals surface area contributed by atoms with Crippen LogP contribution in [-0.4, -0.2) is 81.1 Å². The minimum absolute atomic E-state index is 0. The molecule has 0 bridgehead atoms. The highest BCUT2D eigenvalue weighted by Gasteiger charge is 2.22. The first kappa shape index (κ1) is 25.5. The van der Waals surface area contributed by atoms with Crippen molar-refractivity contribution in [3.8, 4) is 5.75 Å². The summed E-state index contributed by atoms with van der Waals surface area (Å²) in [6.45, 7) is 8.57. The van der Waals surface area contributed by atoms with E-state index in [1.807, 2.05) is 24.3 Å². The fourth-order valence-corrected chi connectivity index (χ4v) is 3.19. The first-order valence-corrected chi connectivity index (χ1v) is 10.2. The van der Waals surface area contributed by atoms with Crippen LogP contribution in [0.5, 0.6) is 5.75 Å². The summed E-state index contributed by atoms with van der Waals surface area (Å²) in [4.78, 5) is 20.4. The molecule has 1 heterocycles. The van der Waals surface area contributed by atoms with Crippen LogP contribution in [0.15, 0.2) is 29.3 Å². The largest absolute Gasteiger partial charge is 0.492 e. The lowest BCUT2D eigenvalue weighted by Gasteiger charge is -2.24. The van der Waals surface area contributed by atoms with Crippen LogP contribution in [0.2, 0.25) is 0 Å². The molecule has 0 radical (unpaired) electrons. The number of guanidine groups is 1. The molecular weight excluding hydrogens is 481 g/mol. The van der Waals surface area contributed by atoms with Gasteiger partial charge in [0, 0.05) is 26.7 Å². The van der Waals surface area contributed by atoms with E-state index >= 15 is 0 Å². The molecule has 0 aromatic heterocycles. The zero-order valence-corrected chi connectivity index (χ0v) is 20.4. The summed E-state index contributed by atoms with van der Waals surface area (Å²) in [6.07, 6.45) is 2.44. The number of carbonyl (C=O) groups excluding carboxylic acids is 1. The van der Waals surface area contributed by atoms with Crippen molar-refractivity contribution in [2.75, 3.05) is 53.4 Å². The van der Waals surface area contributed by atoms with Gasteiger partial charge in [0.25, 0.3) is 0 Å². The quantitative estimate of drug-likeness (QED) is 0.227. The third-order valence-electron chi connectivity index (χ3n) is 4.97. The summed E-state index contributed by atoms with van der Waals surface area (Å²) in [7, 11) is 3.48. The lowest BCUT2D eigenvalue weighted by Crippen LogP contribution is -2.46. The van der Waals surface area contributed by atoms with Crippen molar-refractivity contribution >= 4 is 35.8 Å². The van der Waals surface area contributed by atoms with Crippen molar-refractivity contribution < 1.29 is 9.53 Å². The summed E-state index contributed by atoms with van der Waals surface area (Å²) in [5.74, 6) is 1.49. The van der Waals surface area contributed by atoms with Crippen LogP contribution in [0.4, 0.5) is 0 Å². The van der Waals surface area contributed by atoms with Crippen molar-refractivity contribution in [3.05, 3.63) is 29.8 Å². The molecule has 0 spiro atoms. The van der Waals surface area contributed by atoms with Gasteiger partial charge in [-0.05, 0) is 45.0 Å². The fraction of sp³-hybridized carbons (Fsp3) is 0.619. The Labute approximate surface area is 192 Å². The molecule has 1 aromatic carbocycles. The molecule has 1 saturated heterocycles. The predicted octanol–water partition coefficient (Wildman–Crippen LogP) is 2.10. The Morgan fingerprint density at radius 3 is 2.66 bits per heavy atom. The summed E-state index contributed by atoms with van der Waals surface area (Å²) >= 11 is 0. The van der Waals surface area contributed by atoms with Crippen molar-refractivity contribution in [2.45, 2.75) is 32.7 Å². The summed E-state index contributed by atoms with van der Waals surface area (Å²) in [5.41, 5.74) is 1.21. The van der Waals surface area contributed by atoms with E-state index in [9.17, 15) is 4.79 Å². The van der Waals surface area contributed by atoms with Gasteiger partial charge in [-0.25, -0.2) is 4.99 Å². The van der Waals surface area contributed by atoms with E-state index < -0.39 is 0 Å². The molecule has 1 unspecified atom stereocenters. The summed E-state index contributed by atoms with van der Waals surface area (Å²) in [5, 5.41) is 6.67. The molecular formula is C21H36IN5O2. The number of amides is 1. The lowest BCUT2D eigenvalue weighted by molar-refractivity contribution is -0.127. The highest BCUT2D eigenvalue weighted by atomic mass is 127. The minimum Gasteiger partial charge on any atom is -0.492 e. The van der Waals surface area contributed by atoms with Gasteiger partial charge in [0.15, 0.2) is 5.96 Å². The van der Waals surface area contributed by atoms with Gasteiger partial charge in [-0.3, -0.25) is 9.69 Å². The SMILES string of the molecule is CCN1CCCC1CNC(=NCC(=O)N(C)C)NCCOc1ccc(C)cc1.I. The minimum atomic E-state index is -0.0203. The van der Waals surface area contributed by atoms with Gasteiger partial charge < -0.3 is 20.3 Å². The Morgan fingerprint density at radius 2 is 2.00 bits per heavy atom. The topological polar surface area (TPSA) is 69.2 Å². The van der Waals surface area contributed by atoms with E-state index in [1.54, 1.807) is 19.0 Å². The van der Waals surface area contributed by atoms with Crippen LogP contribution in [0.25, 0.3) is 0 Å². The molecule has 29 heavy (non-hydrogen) atoms. The Morgan fingerprint density at radius 1 is 1.28 bits per heavy atom. The van der Waals surface area contributed by atoms with Crippen LogP contribution < -0.4 is 15.4 Å². The Hall–Kier alpha value is -1.55. The van der Waals surface area contributed by atoms with E-state index in [-0.39, 0.29) is 36.4 Å². The Bertz CT molecular complexity index is 636. The number of likely N-dealkylation sites (N-methyl/N-ethyl adjacent to an activating group) is 2. The number of hydrogen-bond acceptors (Lipinski definition) is 4.